The summed E-state index contributed by atoms with van der Waals surface area (Å²) in [7, 11) is 1.62. The van der Waals surface area contributed by atoms with Gasteiger partial charge in [0.1, 0.15) is 11.9 Å². The number of aromatic nitrogens is 2. The summed E-state index contributed by atoms with van der Waals surface area (Å²) in [5, 5.41) is 10.2. The zero-order chi connectivity index (χ0) is 13.8. The molecule has 4 nitrogen and oxygen atoms in total. The third-order valence-electron chi connectivity index (χ3n) is 2.80. The van der Waals surface area contributed by atoms with Crippen LogP contribution in [0.4, 0.5) is 0 Å². The summed E-state index contributed by atoms with van der Waals surface area (Å²) < 4.78 is 6.24. The molecule has 0 amide bonds. The summed E-state index contributed by atoms with van der Waals surface area (Å²) in [6, 6.07) is 5.71. The van der Waals surface area contributed by atoms with Crippen LogP contribution in [-0.4, -0.2) is 22.2 Å². The number of halogens is 1. The van der Waals surface area contributed by atoms with Crippen molar-refractivity contribution in [1.82, 2.24) is 9.97 Å². The van der Waals surface area contributed by atoms with E-state index in [1.807, 2.05) is 25.1 Å². The zero-order valence-corrected chi connectivity index (χ0v) is 12.4. The van der Waals surface area contributed by atoms with E-state index >= 15 is 0 Å². The molecule has 1 aromatic heterocycles. The van der Waals surface area contributed by atoms with Gasteiger partial charge in [-0.05, 0) is 30.7 Å². The number of rotatable bonds is 4. The fourth-order valence-electron chi connectivity index (χ4n) is 1.79. The Hall–Kier alpha value is -1.46. The fraction of sp³-hybridized carbons (Fsp3) is 0.286. The number of ether oxygens (including phenoxy) is 1. The van der Waals surface area contributed by atoms with Crippen molar-refractivity contribution in [2.75, 3.05) is 7.11 Å². The molecule has 1 atom stereocenters. The topological polar surface area (TPSA) is 55.2 Å². The zero-order valence-electron chi connectivity index (χ0n) is 10.8. The predicted molar refractivity (Wildman–Crippen MR) is 76.1 cm³/mol. The van der Waals surface area contributed by atoms with Gasteiger partial charge >= 0.3 is 0 Å². The molecule has 5 heteroatoms. The molecule has 0 saturated heterocycles. The monoisotopic (exact) mass is 322 g/mol. The van der Waals surface area contributed by atoms with Gasteiger partial charge in [0.15, 0.2) is 0 Å². The maximum Gasteiger partial charge on any atom is 0.122 e. The van der Waals surface area contributed by atoms with Crippen LogP contribution < -0.4 is 4.74 Å². The lowest BCUT2D eigenvalue weighted by Gasteiger charge is -2.13. The van der Waals surface area contributed by atoms with Crippen molar-refractivity contribution in [1.29, 1.82) is 0 Å². The molecule has 1 unspecified atom stereocenters. The van der Waals surface area contributed by atoms with E-state index in [0.717, 1.165) is 21.5 Å². The predicted octanol–water partition coefficient (Wildman–Crippen LogP) is 2.83. The van der Waals surface area contributed by atoms with Crippen LogP contribution in [0.15, 0.2) is 35.1 Å². The van der Waals surface area contributed by atoms with Crippen molar-refractivity contribution in [2.24, 2.45) is 0 Å². The standard InChI is InChI=1S/C14H15BrN2O2/c1-9-7-17-12(8-16-9)13(18)6-10-5-11(15)3-4-14(10)19-2/h3-5,7-8,13,18H,6H2,1-2H3. The SMILES string of the molecule is COc1ccc(Br)cc1CC(O)c1cnc(C)cn1. The van der Waals surface area contributed by atoms with E-state index < -0.39 is 6.10 Å². The Kier molecular flexibility index (Phi) is 4.50. The molecule has 0 aliphatic rings. The number of aryl methyl sites for hydroxylation is 1. The second-order valence-corrected chi connectivity index (χ2v) is 5.17. The molecule has 1 aromatic carbocycles. The van der Waals surface area contributed by atoms with Crippen molar-refractivity contribution >= 4 is 15.9 Å². The highest BCUT2D eigenvalue weighted by molar-refractivity contribution is 9.10. The van der Waals surface area contributed by atoms with Crippen molar-refractivity contribution in [3.05, 3.63) is 52.0 Å². The quantitative estimate of drug-likeness (QED) is 0.940. The second-order valence-electron chi connectivity index (χ2n) is 4.26. The van der Waals surface area contributed by atoms with E-state index in [-0.39, 0.29) is 0 Å². The summed E-state index contributed by atoms with van der Waals surface area (Å²) in [5.41, 5.74) is 2.32. The normalized spacial score (nSPS) is 12.2. The molecular weight excluding hydrogens is 308 g/mol. The number of methoxy groups -OCH3 is 1. The number of hydrogen-bond donors (Lipinski definition) is 1. The number of benzene rings is 1. The first-order chi connectivity index (χ1) is 9.10. The summed E-state index contributed by atoms with van der Waals surface area (Å²) in [6.07, 6.45) is 2.98. The van der Waals surface area contributed by atoms with Crippen molar-refractivity contribution < 1.29 is 9.84 Å². The van der Waals surface area contributed by atoms with Gasteiger partial charge in [-0.15, -0.1) is 0 Å². The van der Waals surface area contributed by atoms with Gasteiger partial charge in [0, 0.05) is 17.1 Å². The van der Waals surface area contributed by atoms with Crippen LogP contribution in [0.2, 0.25) is 0 Å². The van der Waals surface area contributed by atoms with E-state index in [1.54, 1.807) is 19.5 Å². The molecular formula is C14H15BrN2O2. The fourth-order valence-corrected chi connectivity index (χ4v) is 2.20. The molecule has 1 N–H and O–H groups in total. The van der Waals surface area contributed by atoms with Crippen molar-refractivity contribution in [2.45, 2.75) is 19.4 Å². The molecule has 100 valence electrons. The summed E-state index contributed by atoms with van der Waals surface area (Å²) >= 11 is 3.42. The average Bonchev–Trinajstić information content (AvgIpc) is 2.39. The van der Waals surface area contributed by atoms with Crippen LogP contribution >= 0.6 is 15.9 Å². The van der Waals surface area contributed by atoms with Gasteiger partial charge in [-0.25, -0.2) is 0 Å². The number of hydrogen-bond acceptors (Lipinski definition) is 4. The van der Waals surface area contributed by atoms with Crippen LogP contribution in [0.5, 0.6) is 5.75 Å². The largest absolute Gasteiger partial charge is 0.496 e. The highest BCUT2D eigenvalue weighted by Gasteiger charge is 2.14. The molecule has 2 rings (SSSR count). The van der Waals surface area contributed by atoms with Gasteiger partial charge in [0.2, 0.25) is 0 Å². The van der Waals surface area contributed by atoms with Crippen molar-refractivity contribution in [3.63, 3.8) is 0 Å². The molecule has 0 spiro atoms. The van der Waals surface area contributed by atoms with Crippen LogP contribution in [0.3, 0.4) is 0 Å². The molecule has 0 bridgehead atoms. The second kappa shape index (κ2) is 6.12. The Balaban J connectivity index is 2.20. The minimum absolute atomic E-state index is 0.431. The highest BCUT2D eigenvalue weighted by atomic mass is 79.9. The van der Waals surface area contributed by atoms with Gasteiger partial charge in [0.25, 0.3) is 0 Å². The van der Waals surface area contributed by atoms with E-state index in [4.69, 9.17) is 4.74 Å². The van der Waals surface area contributed by atoms with Gasteiger partial charge in [-0.1, -0.05) is 15.9 Å². The molecule has 0 aliphatic heterocycles. The van der Waals surface area contributed by atoms with E-state index in [9.17, 15) is 5.11 Å². The molecule has 0 saturated carbocycles. The van der Waals surface area contributed by atoms with Gasteiger partial charge in [-0.2, -0.15) is 0 Å². The van der Waals surface area contributed by atoms with Gasteiger partial charge in [0.05, 0.1) is 24.7 Å². The Morgan fingerprint density at radius 2 is 2.11 bits per heavy atom. The molecule has 1 heterocycles. The summed E-state index contributed by atoms with van der Waals surface area (Å²) in [4.78, 5) is 8.33. The Bertz CT molecular complexity index is 558. The minimum atomic E-state index is -0.698. The van der Waals surface area contributed by atoms with Crippen LogP contribution in [0, 0.1) is 6.92 Å². The molecule has 2 aromatic rings. The van der Waals surface area contributed by atoms with Gasteiger partial charge < -0.3 is 9.84 Å². The maximum atomic E-state index is 10.2. The lowest BCUT2D eigenvalue weighted by atomic mass is 10.0. The first kappa shape index (κ1) is 14.0. The number of aliphatic hydroxyl groups excluding tert-OH is 1. The highest BCUT2D eigenvalue weighted by Crippen LogP contribution is 2.27. The van der Waals surface area contributed by atoms with E-state index in [2.05, 4.69) is 25.9 Å². The molecule has 19 heavy (non-hydrogen) atoms. The Morgan fingerprint density at radius 1 is 1.32 bits per heavy atom. The van der Waals surface area contributed by atoms with E-state index in [0.29, 0.717) is 12.1 Å². The molecule has 0 aliphatic carbocycles. The van der Waals surface area contributed by atoms with Crippen LogP contribution in [0.25, 0.3) is 0 Å². The average molecular weight is 323 g/mol. The minimum Gasteiger partial charge on any atom is -0.496 e. The summed E-state index contributed by atoms with van der Waals surface area (Å²) in [6.45, 7) is 1.86. The van der Waals surface area contributed by atoms with Crippen LogP contribution in [-0.2, 0) is 6.42 Å². The number of aliphatic hydroxyl groups is 1. The molecule has 0 fully saturated rings. The molecule has 0 radical (unpaired) electrons. The van der Waals surface area contributed by atoms with Gasteiger partial charge in [-0.3, -0.25) is 9.97 Å². The lowest BCUT2D eigenvalue weighted by molar-refractivity contribution is 0.172. The van der Waals surface area contributed by atoms with Crippen molar-refractivity contribution in [3.8, 4) is 5.75 Å². The third kappa shape index (κ3) is 3.52. The Labute approximate surface area is 120 Å². The van der Waals surface area contributed by atoms with E-state index in [1.165, 1.54) is 0 Å². The number of nitrogens with zero attached hydrogens (tertiary/aromatic N) is 2. The third-order valence-corrected chi connectivity index (χ3v) is 3.29. The first-order valence-electron chi connectivity index (χ1n) is 5.89. The first-order valence-corrected chi connectivity index (χ1v) is 6.68. The Morgan fingerprint density at radius 3 is 2.74 bits per heavy atom. The smallest absolute Gasteiger partial charge is 0.122 e. The maximum absolute atomic E-state index is 10.2. The van der Waals surface area contributed by atoms with Crippen LogP contribution in [0.1, 0.15) is 23.1 Å². The lowest BCUT2D eigenvalue weighted by Crippen LogP contribution is -2.06. The summed E-state index contributed by atoms with van der Waals surface area (Å²) in [5.74, 6) is 0.752.